The van der Waals surface area contributed by atoms with Crippen molar-refractivity contribution in [2.24, 2.45) is 0 Å². The van der Waals surface area contributed by atoms with Gasteiger partial charge in [-0.1, -0.05) is 23.7 Å². The first kappa shape index (κ1) is 20.8. The van der Waals surface area contributed by atoms with Crippen molar-refractivity contribution in [3.05, 3.63) is 83.4 Å². The standard InChI is InChI=1S/C23H26ClN5S/c1-27(2)13-7-15-29-22(21(26-23(29)30)19-10-3-4-12-25-19)20-11-6-14-28(20)18-9-5-8-17(24)16-18/h3-6,8-12,14,16,21-22H,7,13,15H2,1-2H3,(H,26,30)/t21-,22-/m0/s1. The Bertz CT molecular complexity index is 1000. The van der Waals surface area contributed by atoms with Crippen molar-refractivity contribution >= 4 is 28.9 Å². The molecule has 0 radical (unpaired) electrons. The van der Waals surface area contributed by atoms with E-state index in [9.17, 15) is 0 Å². The zero-order valence-electron chi connectivity index (χ0n) is 17.2. The van der Waals surface area contributed by atoms with Gasteiger partial charge in [0.1, 0.15) is 0 Å². The smallest absolute Gasteiger partial charge is 0.170 e. The number of nitrogens with one attached hydrogen (secondary N) is 1. The number of aromatic nitrogens is 2. The van der Waals surface area contributed by atoms with E-state index < -0.39 is 0 Å². The highest BCUT2D eigenvalue weighted by molar-refractivity contribution is 7.80. The van der Waals surface area contributed by atoms with Crippen LogP contribution in [0.1, 0.15) is 29.9 Å². The van der Waals surface area contributed by atoms with Crippen molar-refractivity contribution in [1.82, 2.24) is 24.7 Å². The largest absolute Gasteiger partial charge is 0.352 e. The Balaban J connectivity index is 1.74. The van der Waals surface area contributed by atoms with E-state index in [-0.39, 0.29) is 12.1 Å². The van der Waals surface area contributed by atoms with Gasteiger partial charge in [-0.25, -0.2) is 0 Å². The fraction of sp³-hybridized carbons (Fsp3) is 0.304. The topological polar surface area (TPSA) is 36.3 Å². The maximum atomic E-state index is 6.28. The minimum Gasteiger partial charge on any atom is -0.352 e. The van der Waals surface area contributed by atoms with Crippen molar-refractivity contribution in [3.63, 3.8) is 0 Å². The summed E-state index contributed by atoms with van der Waals surface area (Å²) >= 11 is 12.0. The molecule has 1 aliphatic heterocycles. The van der Waals surface area contributed by atoms with Crippen LogP contribution >= 0.6 is 23.8 Å². The predicted octanol–water partition coefficient (Wildman–Crippen LogP) is 4.45. The lowest BCUT2D eigenvalue weighted by Gasteiger charge is -2.29. The average Bonchev–Trinajstić information content (AvgIpc) is 3.33. The zero-order valence-corrected chi connectivity index (χ0v) is 18.8. The van der Waals surface area contributed by atoms with Crippen LogP contribution in [-0.4, -0.2) is 51.6 Å². The van der Waals surface area contributed by atoms with Crippen molar-refractivity contribution in [2.45, 2.75) is 18.5 Å². The summed E-state index contributed by atoms with van der Waals surface area (Å²) in [4.78, 5) is 9.13. The van der Waals surface area contributed by atoms with E-state index in [2.05, 4.69) is 69.2 Å². The first-order valence-corrected chi connectivity index (χ1v) is 10.9. The third-order valence-corrected chi connectivity index (χ3v) is 5.96. The number of nitrogens with zero attached hydrogens (tertiary/aromatic N) is 4. The molecule has 156 valence electrons. The minimum absolute atomic E-state index is 0.0223. The van der Waals surface area contributed by atoms with Crippen molar-refractivity contribution in [3.8, 4) is 5.69 Å². The molecule has 1 N–H and O–H groups in total. The Hall–Kier alpha value is -2.41. The normalized spacial score (nSPS) is 18.8. The molecule has 2 atom stereocenters. The fourth-order valence-corrected chi connectivity index (χ4v) is 4.54. The minimum atomic E-state index is -0.0223. The first-order valence-electron chi connectivity index (χ1n) is 10.1. The van der Waals surface area contributed by atoms with Gasteiger partial charge in [-0.3, -0.25) is 4.98 Å². The number of hydrogen-bond acceptors (Lipinski definition) is 3. The van der Waals surface area contributed by atoms with E-state index in [0.717, 1.165) is 46.7 Å². The SMILES string of the molecule is CN(C)CCCN1C(=S)N[C@@H](c2ccccn2)[C@@H]1c1cccn1-c1cccc(Cl)c1. The van der Waals surface area contributed by atoms with E-state index in [0.29, 0.717) is 0 Å². The Morgan fingerprint density at radius 1 is 1.13 bits per heavy atom. The number of rotatable bonds is 7. The monoisotopic (exact) mass is 439 g/mol. The molecular weight excluding hydrogens is 414 g/mol. The number of hydrogen-bond donors (Lipinski definition) is 1. The summed E-state index contributed by atoms with van der Waals surface area (Å²) in [5, 5.41) is 5.02. The van der Waals surface area contributed by atoms with Crippen LogP contribution in [0.5, 0.6) is 0 Å². The highest BCUT2D eigenvalue weighted by Crippen LogP contribution is 2.39. The Morgan fingerprint density at radius 3 is 2.73 bits per heavy atom. The van der Waals surface area contributed by atoms with Crippen LogP contribution in [0.2, 0.25) is 5.02 Å². The molecular formula is C23H26ClN5S. The van der Waals surface area contributed by atoms with E-state index in [1.54, 1.807) is 0 Å². The quantitative estimate of drug-likeness (QED) is 0.550. The number of pyridine rings is 1. The van der Waals surface area contributed by atoms with Crippen molar-refractivity contribution in [1.29, 1.82) is 0 Å². The van der Waals surface area contributed by atoms with Gasteiger partial charge in [-0.2, -0.15) is 0 Å². The van der Waals surface area contributed by atoms with Gasteiger partial charge in [0.2, 0.25) is 0 Å². The van der Waals surface area contributed by atoms with E-state index in [1.807, 2.05) is 36.5 Å². The third-order valence-electron chi connectivity index (χ3n) is 5.37. The lowest BCUT2D eigenvalue weighted by atomic mass is 10.0. The molecule has 4 rings (SSSR count). The second-order valence-corrected chi connectivity index (χ2v) is 8.58. The maximum absolute atomic E-state index is 6.28. The van der Waals surface area contributed by atoms with Crippen LogP contribution in [0.3, 0.4) is 0 Å². The fourth-order valence-electron chi connectivity index (χ4n) is 4.02. The van der Waals surface area contributed by atoms with Crippen LogP contribution in [0.4, 0.5) is 0 Å². The summed E-state index contributed by atoms with van der Waals surface area (Å²) in [5.41, 5.74) is 3.18. The summed E-state index contributed by atoms with van der Waals surface area (Å²) in [6.07, 6.45) is 4.94. The van der Waals surface area contributed by atoms with E-state index in [4.69, 9.17) is 23.8 Å². The molecule has 2 aromatic heterocycles. The summed E-state index contributed by atoms with van der Waals surface area (Å²) in [5.74, 6) is 0. The Morgan fingerprint density at radius 2 is 2.00 bits per heavy atom. The van der Waals surface area contributed by atoms with Crippen LogP contribution in [0.15, 0.2) is 67.0 Å². The van der Waals surface area contributed by atoms with Gasteiger partial charge in [0.05, 0.1) is 17.8 Å². The molecule has 5 nitrogen and oxygen atoms in total. The molecule has 0 saturated carbocycles. The van der Waals surface area contributed by atoms with Crippen LogP contribution in [0, 0.1) is 0 Å². The Labute approximate surface area is 188 Å². The highest BCUT2D eigenvalue weighted by atomic mass is 35.5. The molecule has 0 unspecified atom stereocenters. The summed E-state index contributed by atoms with van der Waals surface area (Å²) in [6.45, 7) is 1.88. The number of thiocarbonyl (C=S) groups is 1. The Kier molecular flexibility index (Phi) is 6.37. The number of benzene rings is 1. The molecule has 30 heavy (non-hydrogen) atoms. The van der Waals surface area contributed by atoms with Gasteiger partial charge in [-0.15, -0.1) is 0 Å². The summed E-state index contributed by atoms with van der Waals surface area (Å²) in [6, 6.07) is 18.2. The van der Waals surface area contributed by atoms with Gasteiger partial charge in [-0.05, 0) is 81.7 Å². The zero-order chi connectivity index (χ0) is 21.1. The van der Waals surface area contributed by atoms with Crippen LogP contribution in [-0.2, 0) is 0 Å². The van der Waals surface area contributed by atoms with Gasteiger partial charge < -0.3 is 19.7 Å². The second kappa shape index (κ2) is 9.16. The van der Waals surface area contributed by atoms with E-state index >= 15 is 0 Å². The van der Waals surface area contributed by atoms with Gasteiger partial charge >= 0.3 is 0 Å². The molecule has 3 aromatic rings. The molecule has 0 spiro atoms. The molecule has 0 aliphatic carbocycles. The third kappa shape index (κ3) is 4.36. The molecule has 0 amide bonds. The van der Waals surface area contributed by atoms with Crippen molar-refractivity contribution in [2.75, 3.05) is 27.2 Å². The molecule has 7 heteroatoms. The summed E-state index contributed by atoms with van der Waals surface area (Å²) in [7, 11) is 4.19. The van der Waals surface area contributed by atoms with Crippen LogP contribution in [0.25, 0.3) is 5.69 Å². The predicted molar refractivity (Wildman–Crippen MR) is 126 cm³/mol. The first-order chi connectivity index (χ1) is 14.5. The molecule has 1 aliphatic rings. The molecule has 1 aromatic carbocycles. The van der Waals surface area contributed by atoms with E-state index in [1.165, 1.54) is 0 Å². The van der Waals surface area contributed by atoms with Gasteiger partial charge in [0, 0.05) is 35.3 Å². The van der Waals surface area contributed by atoms with Crippen molar-refractivity contribution < 1.29 is 0 Å². The lowest BCUT2D eigenvalue weighted by molar-refractivity contribution is 0.286. The maximum Gasteiger partial charge on any atom is 0.170 e. The molecule has 1 fully saturated rings. The molecule has 3 heterocycles. The number of halogens is 1. The molecule has 0 bridgehead atoms. The van der Waals surface area contributed by atoms with Crippen LogP contribution < -0.4 is 5.32 Å². The van der Waals surface area contributed by atoms with Gasteiger partial charge in [0.15, 0.2) is 5.11 Å². The average molecular weight is 440 g/mol. The lowest BCUT2D eigenvalue weighted by Crippen LogP contribution is -2.32. The van der Waals surface area contributed by atoms with Gasteiger partial charge in [0.25, 0.3) is 0 Å². The highest BCUT2D eigenvalue weighted by Gasteiger charge is 2.40. The molecule has 1 saturated heterocycles. The summed E-state index contributed by atoms with van der Waals surface area (Å²) < 4.78 is 2.20. The second-order valence-electron chi connectivity index (χ2n) is 7.76.